The first kappa shape index (κ1) is 18.5. The molecule has 1 atom stereocenters. The van der Waals surface area contributed by atoms with Gasteiger partial charge in [0.2, 0.25) is 0 Å². The van der Waals surface area contributed by atoms with Crippen LogP contribution in [0.5, 0.6) is 11.5 Å². The van der Waals surface area contributed by atoms with Gasteiger partial charge in [-0.3, -0.25) is 4.79 Å². The van der Waals surface area contributed by atoms with Crippen molar-refractivity contribution in [1.82, 2.24) is 0 Å². The Morgan fingerprint density at radius 2 is 1.91 bits per heavy atom. The van der Waals surface area contributed by atoms with E-state index in [1.165, 1.54) is 0 Å². The van der Waals surface area contributed by atoms with E-state index in [0.29, 0.717) is 18.1 Å². The van der Waals surface area contributed by atoms with Gasteiger partial charge in [-0.2, -0.15) is 0 Å². The van der Waals surface area contributed by atoms with Gasteiger partial charge in [0.15, 0.2) is 11.5 Å². The standard InChI is InChI=1S/C18H28O4/c1-6-8-15(7-2)21-12-14-9-10-16(17(11-14)20-5)22-18(19)13(3)4/h9-11,13,15H,6-8,12H2,1-5H3. The third-order valence-corrected chi connectivity index (χ3v) is 3.46. The first-order valence-corrected chi connectivity index (χ1v) is 8.01. The Labute approximate surface area is 133 Å². The van der Waals surface area contributed by atoms with Crippen molar-refractivity contribution >= 4 is 5.97 Å². The van der Waals surface area contributed by atoms with E-state index in [1.807, 2.05) is 12.1 Å². The fourth-order valence-corrected chi connectivity index (χ4v) is 2.05. The highest BCUT2D eigenvalue weighted by Gasteiger charge is 2.14. The lowest BCUT2D eigenvalue weighted by molar-refractivity contribution is -0.137. The van der Waals surface area contributed by atoms with Gasteiger partial charge in [-0.05, 0) is 30.5 Å². The van der Waals surface area contributed by atoms with Crippen LogP contribution in [-0.2, 0) is 16.1 Å². The first-order chi connectivity index (χ1) is 10.5. The number of methoxy groups -OCH3 is 1. The van der Waals surface area contributed by atoms with Gasteiger partial charge in [-0.25, -0.2) is 0 Å². The summed E-state index contributed by atoms with van der Waals surface area (Å²) >= 11 is 0. The van der Waals surface area contributed by atoms with E-state index in [0.717, 1.165) is 24.8 Å². The minimum Gasteiger partial charge on any atom is -0.493 e. The summed E-state index contributed by atoms with van der Waals surface area (Å²) in [5, 5.41) is 0. The van der Waals surface area contributed by atoms with Crippen LogP contribution in [0.2, 0.25) is 0 Å². The molecule has 22 heavy (non-hydrogen) atoms. The summed E-state index contributed by atoms with van der Waals surface area (Å²) in [6.45, 7) is 8.43. The van der Waals surface area contributed by atoms with E-state index in [1.54, 1.807) is 27.0 Å². The first-order valence-electron chi connectivity index (χ1n) is 8.01. The van der Waals surface area contributed by atoms with Crippen molar-refractivity contribution in [2.75, 3.05) is 7.11 Å². The van der Waals surface area contributed by atoms with Crippen molar-refractivity contribution in [1.29, 1.82) is 0 Å². The SMILES string of the molecule is CCCC(CC)OCc1ccc(OC(=O)C(C)C)c(OC)c1. The Balaban J connectivity index is 2.73. The highest BCUT2D eigenvalue weighted by Crippen LogP contribution is 2.29. The molecule has 124 valence electrons. The molecule has 0 saturated carbocycles. The van der Waals surface area contributed by atoms with Crippen molar-refractivity contribution in [2.24, 2.45) is 5.92 Å². The van der Waals surface area contributed by atoms with Gasteiger partial charge >= 0.3 is 5.97 Å². The van der Waals surface area contributed by atoms with Gasteiger partial charge in [0.1, 0.15) is 0 Å². The maximum atomic E-state index is 11.7. The summed E-state index contributed by atoms with van der Waals surface area (Å²) < 4.78 is 16.6. The van der Waals surface area contributed by atoms with E-state index < -0.39 is 0 Å². The minimum atomic E-state index is -0.267. The zero-order valence-corrected chi connectivity index (χ0v) is 14.3. The number of ether oxygens (including phenoxy) is 3. The van der Waals surface area contributed by atoms with Crippen molar-refractivity contribution in [3.63, 3.8) is 0 Å². The van der Waals surface area contributed by atoms with Crippen LogP contribution >= 0.6 is 0 Å². The average molecular weight is 308 g/mol. The molecule has 4 nitrogen and oxygen atoms in total. The van der Waals surface area contributed by atoms with Crippen LogP contribution in [0.4, 0.5) is 0 Å². The van der Waals surface area contributed by atoms with Gasteiger partial charge in [-0.15, -0.1) is 0 Å². The molecule has 0 heterocycles. The van der Waals surface area contributed by atoms with Gasteiger partial charge in [-0.1, -0.05) is 40.2 Å². The van der Waals surface area contributed by atoms with Crippen LogP contribution in [0.15, 0.2) is 18.2 Å². The van der Waals surface area contributed by atoms with Crippen LogP contribution in [-0.4, -0.2) is 19.2 Å². The average Bonchev–Trinajstić information content (AvgIpc) is 2.52. The van der Waals surface area contributed by atoms with Crippen molar-refractivity contribution in [3.8, 4) is 11.5 Å². The molecular weight excluding hydrogens is 280 g/mol. The molecule has 0 aliphatic rings. The summed E-state index contributed by atoms with van der Waals surface area (Å²) in [4.78, 5) is 11.7. The molecule has 0 aliphatic heterocycles. The zero-order valence-electron chi connectivity index (χ0n) is 14.3. The quantitative estimate of drug-likeness (QED) is 0.502. The second kappa shape index (κ2) is 9.46. The van der Waals surface area contributed by atoms with E-state index >= 15 is 0 Å². The highest BCUT2D eigenvalue weighted by molar-refractivity contribution is 5.75. The Hall–Kier alpha value is -1.55. The number of carbonyl (C=O) groups excluding carboxylic acids is 1. The lowest BCUT2D eigenvalue weighted by Gasteiger charge is -2.16. The van der Waals surface area contributed by atoms with Crippen LogP contribution in [0.25, 0.3) is 0 Å². The summed E-state index contributed by atoms with van der Waals surface area (Å²) in [6.07, 6.45) is 3.48. The number of hydrogen-bond donors (Lipinski definition) is 0. The number of hydrogen-bond acceptors (Lipinski definition) is 4. The van der Waals surface area contributed by atoms with E-state index in [9.17, 15) is 4.79 Å². The molecule has 0 spiro atoms. The Bertz CT molecular complexity index is 468. The van der Waals surface area contributed by atoms with Crippen molar-refractivity contribution < 1.29 is 19.0 Å². The van der Waals surface area contributed by atoms with Gasteiger partial charge in [0.25, 0.3) is 0 Å². The maximum absolute atomic E-state index is 11.7. The summed E-state index contributed by atoms with van der Waals surface area (Å²) in [5.41, 5.74) is 1.01. The molecule has 0 fully saturated rings. The predicted molar refractivity (Wildman–Crippen MR) is 87.2 cm³/mol. The normalized spacial score (nSPS) is 12.3. The zero-order chi connectivity index (χ0) is 16.5. The second-order valence-corrected chi connectivity index (χ2v) is 5.69. The number of rotatable bonds is 9. The fourth-order valence-electron chi connectivity index (χ4n) is 2.05. The molecule has 0 radical (unpaired) electrons. The van der Waals surface area contributed by atoms with Crippen molar-refractivity contribution in [2.45, 2.75) is 59.7 Å². The van der Waals surface area contributed by atoms with Gasteiger partial charge < -0.3 is 14.2 Å². The molecular formula is C18H28O4. The minimum absolute atomic E-state index is 0.174. The molecule has 0 saturated heterocycles. The Kier molecular flexibility index (Phi) is 7.96. The molecule has 1 aromatic carbocycles. The second-order valence-electron chi connectivity index (χ2n) is 5.69. The van der Waals surface area contributed by atoms with Gasteiger partial charge in [0, 0.05) is 0 Å². The maximum Gasteiger partial charge on any atom is 0.313 e. The Morgan fingerprint density at radius 1 is 1.18 bits per heavy atom. The van der Waals surface area contributed by atoms with Crippen LogP contribution in [0.1, 0.15) is 52.5 Å². The largest absolute Gasteiger partial charge is 0.493 e. The molecule has 1 unspecified atom stereocenters. The molecule has 0 aromatic heterocycles. The van der Waals surface area contributed by atoms with E-state index in [2.05, 4.69) is 13.8 Å². The van der Waals surface area contributed by atoms with Crippen molar-refractivity contribution in [3.05, 3.63) is 23.8 Å². The number of esters is 1. The highest BCUT2D eigenvalue weighted by atomic mass is 16.6. The smallest absolute Gasteiger partial charge is 0.313 e. The molecule has 0 amide bonds. The number of carbonyl (C=O) groups is 1. The molecule has 1 aromatic rings. The molecule has 0 aliphatic carbocycles. The summed E-state index contributed by atoms with van der Waals surface area (Å²) in [7, 11) is 1.57. The monoisotopic (exact) mass is 308 g/mol. The molecule has 1 rings (SSSR count). The van der Waals surface area contributed by atoms with Crippen LogP contribution in [0, 0.1) is 5.92 Å². The third-order valence-electron chi connectivity index (χ3n) is 3.46. The molecule has 0 bridgehead atoms. The lowest BCUT2D eigenvalue weighted by Crippen LogP contribution is -2.15. The van der Waals surface area contributed by atoms with Gasteiger partial charge in [0.05, 0.1) is 25.7 Å². The van der Waals surface area contributed by atoms with Crippen LogP contribution in [0.3, 0.4) is 0 Å². The Morgan fingerprint density at radius 3 is 2.45 bits per heavy atom. The number of benzene rings is 1. The molecule has 4 heteroatoms. The molecule has 0 N–H and O–H groups in total. The van der Waals surface area contributed by atoms with E-state index in [4.69, 9.17) is 14.2 Å². The topological polar surface area (TPSA) is 44.8 Å². The predicted octanol–water partition coefficient (Wildman–Crippen LogP) is 4.35. The summed E-state index contributed by atoms with van der Waals surface area (Å²) in [5.74, 6) is 0.563. The van der Waals surface area contributed by atoms with E-state index in [-0.39, 0.29) is 18.0 Å². The van der Waals surface area contributed by atoms with Crippen LogP contribution < -0.4 is 9.47 Å². The third kappa shape index (κ3) is 5.68. The lowest BCUT2D eigenvalue weighted by atomic mass is 10.1. The fraction of sp³-hybridized carbons (Fsp3) is 0.611. The summed E-state index contributed by atoms with van der Waals surface area (Å²) in [6, 6.07) is 5.53.